The average molecular weight is 414 g/mol. The Labute approximate surface area is 168 Å². The summed E-state index contributed by atoms with van der Waals surface area (Å²) in [5.41, 5.74) is 5.38. The van der Waals surface area contributed by atoms with Crippen molar-refractivity contribution in [1.82, 2.24) is 5.43 Å². The zero-order valence-electron chi connectivity index (χ0n) is 14.5. The first-order chi connectivity index (χ1) is 12.4. The molecule has 4 nitrogen and oxygen atoms in total. The van der Waals surface area contributed by atoms with Crippen LogP contribution in [0.5, 0.6) is 5.75 Å². The summed E-state index contributed by atoms with van der Waals surface area (Å²) >= 11 is 17.8. The predicted molar refractivity (Wildman–Crippen MR) is 108 cm³/mol. The lowest BCUT2D eigenvalue weighted by Crippen LogP contribution is -2.25. The van der Waals surface area contributed by atoms with Gasteiger partial charge >= 0.3 is 0 Å². The van der Waals surface area contributed by atoms with Crippen LogP contribution < -0.4 is 10.2 Å². The molecule has 2 aromatic carbocycles. The van der Waals surface area contributed by atoms with Gasteiger partial charge in [-0.1, -0.05) is 72.4 Å². The van der Waals surface area contributed by atoms with Gasteiger partial charge in [-0.2, -0.15) is 5.10 Å². The molecule has 26 heavy (non-hydrogen) atoms. The number of nitrogens with one attached hydrogen (secondary N) is 1. The van der Waals surface area contributed by atoms with Crippen molar-refractivity contribution in [3.05, 3.63) is 62.6 Å². The number of aryl methyl sites for hydroxylation is 1. The predicted octanol–water partition coefficient (Wildman–Crippen LogP) is 5.52. The maximum absolute atomic E-state index is 11.9. The highest BCUT2D eigenvalue weighted by Gasteiger charge is 2.09. The van der Waals surface area contributed by atoms with Crippen molar-refractivity contribution in [3.8, 4) is 5.75 Å². The Morgan fingerprint density at radius 3 is 2.38 bits per heavy atom. The summed E-state index contributed by atoms with van der Waals surface area (Å²) in [4.78, 5) is 11.9. The molecule has 0 aliphatic rings. The van der Waals surface area contributed by atoms with Crippen molar-refractivity contribution in [3.63, 3.8) is 0 Å². The first kappa shape index (κ1) is 20.6. The van der Waals surface area contributed by atoms with Gasteiger partial charge in [-0.15, -0.1) is 0 Å². The normalized spacial score (nSPS) is 11.3. The van der Waals surface area contributed by atoms with Gasteiger partial charge in [-0.05, 0) is 30.5 Å². The van der Waals surface area contributed by atoms with Gasteiger partial charge in [0.25, 0.3) is 5.91 Å². The summed E-state index contributed by atoms with van der Waals surface area (Å²) in [6.07, 6.45) is 2.15. The summed E-state index contributed by atoms with van der Waals surface area (Å²) in [6.45, 7) is 3.72. The molecule has 1 amide bonds. The van der Waals surface area contributed by atoms with Crippen LogP contribution in [0.3, 0.4) is 0 Å². The topological polar surface area (TPSA) is 50.7 Å². The van der Waals surface area contributed by atoms with Gasteiger partial charge in [0.1, 0.15) is 5.75 Å². The van der Waals surface area contributed by atoms with Crippen LogP contribution in [0.15, 0.2) is 41.5 Å². The van der Waals surface area contributed by atoms with Crippen molar-refractivity contribution in [1.29, 1.82) is 0 Å². The van der Waals surface area contributed by atoms with Gasteiger partial charge < -0.3 is 4.74 Å². The second-order valence-electron chi connectivity index (χ2n) is 5.66. The average Bonchev–Trinajstić information content (AvgIpc) is 2.62. The van der Waals surface area contributed by atoms with Gasteiger partial charge in [0, 0.05) is 6.07 Å². The number of ether oxygens (including phenoxy) is 1. The Balaban J connectivity index is 1.91. The lowest BCUT2D eigenvalue weighted by Gasteiger charge is -2.09. The molecule has 0 aromatic heterocycles. The molecule has 2 rings (SSSR count). The second-order valence-corrected chi connectivity index (χ2v) is 6.89. The zero-order valence-corrected chi connectivity index (χ0v) is 16.8. The number of nitrogens with zero attached hydrogens (tertiary/aromatic N) is 1. The molecule has 0 radical (unpaired) electrons. The van der Waals surface area contributed by atoms with E-state index in [0.29, 0.717) is 15.8 Å². The van der Waals surface area contributed by atoms with Gasteiger partial charge in [0.15, 0.2) is 6.61 Å². The molecule has 0 spiro atoms. The van der Waals surface area contributed by atoms with E-state index < -0.39 is 5.91 Å². The van der Waals surface area contributed by atoms with E-state index in [1.54, 1.807) is 0 Å². The molecule has 0 unspecified atom stereocenters. The van der Waals surface area contributed by atoms with Crippen LogP contribution in [0, 0.1) is 0 Å². The van der Waals surface area contributed by atoms with E-state index in [9.17, 15) is 4.79 Å². The Hall–Kier alpha value is -1.75. The Kier molecular flexibility index (Phi) is 7.76. The van der Waals surface area contributed by atoms with Crippen molar-refractivity contribution >= 4 is 46.4 Å². The Morgan fingerprint density at radius 1 is 1.08 bits per heavy atom. The lowest BCUT2D eigenvalue weighted by molar-refractivity contribution is -0.123. The Bertz CT molecular complexity index is 805. The van der Waals surface area contributed by atoms with Crippen LogP contribution in [0.25, 0.3) is 0 Å². The van der Waals surface area contributed by atoms with E-state index in [2.05, 4.69) is 29.6 Å². The van der Waals surface area contributed by atoms with Crippen LogP contribution in [0.2, 0.25) is 15.1 Å². The maximum atomic E-state index is 11.9. The van der Waals surface area contributed by atoms with Crippen LogP contribution in [0.4, 0.5) is 0 Å². The summed E-state index contributed by atoms with van der Waals surface area (Å²) in [6, 6.07) is 11.0. The third-order valence-corrected chi connectivity index (χ3v) is 4.61. The molecule has 138 valence electrons. The van der Waals surface area contributed by atoms with Crippen molar-refractivity contribution in [2.45, 2.75) is 26.7 Å². The molecule has 0 aliphatic heterocycles. The van der Waals surface area contributed by atoms with Gasteiger partial charge in [-0.3, -0.25) is 4.79 Å². The van der Waals surface area contributed by atoms with Crippen molar-refractivity contribution in [2.24, 2.45) is 5.10 Å². The SMILES string of the molecule is CCCc1ccc(C(C)=NNC(=O)COc2cc(Cl)c(Cl)cc2Cl)cc1. The number of carbonyl (C=O) groups is 1. The number of rotatable bonds is 7. The maximum Gasteiger partial charge on any atom is 0.277 e. The lowest BCUT2D eigenvalue weighted by atomic mass is 10.1. The second kappa shape index (κ2) is 9.81. The zero-order chi connectivity index (χ0) is 19.1. The fourth-order valence-electron chi connectivity index (χ4n) is 2.20. The summed E-state index contributed by atoms with van der Waals surface area (Å²) in [5.74, 6) is -0.127. The van der Waals surface area contributed by atoms with E-state index in [1.165, 1.54) is 17.7 Å². The summed E-state index contributed by atoms with van der Waals surface area (Å²) in [7, 11) is 0. The molecule has 0 bridgehead atoms. The third kappa shape index (κ3) is 5.90. The van der Waals surface area contributed by atoms with Gasteiger partial charge in [-0.25, -0.2) is 5.43 Å². The quantitative estimate of drug-likeness (QED) is 0.369. The Morgan fingerprint density at radius 2 is 1.73 bits per heavy atom. The number of amides is 1. The standard InChI is InChI=1S/C19H19Cl3N2O2/c1-3-4-13-5-7-14(8-6-13)12(2)23-24-19(25)11-26-18-10-16(21)15(20)9-17(18)22/h5-10H,3-4,11H2,1-2H3,(H,24,25). The molecule has 0 fully saturated rings. The van der Waals surface area contributed by atoms with Crippen molar-refractivity contribution in [2.75, 3.05) is 6.61 Å². The van der Waals surface area contributed by atoms with Crippen molar-refractivity contribution < 1.29 is 9.53 Å². The number of hydrogen-bond donors (Lipinski definition) is 1. The van der Waals surface area contributed by atoms with E-state index >= 15 is 0 Å². The third-order valence-electron chi connectivity index (χ3n) is 3.59. The van der Waals surface area contributed by atoms with Gasteiger partial charge in [0.05, 0.1) is 20.8 Å². The fraction of sp³-hybridized carbons (Fsp3) is 0.263. The first-order valence-electron chi connectivity index (χ1n) is 8.10. The van der Waals surface area contributed by atoms with E-state index in [1.807, 2.05) is 19.1 Å². The molecule has 0 heterocycles. The fourth-order valence-corrected chi connectivity index (χ4v) is 2.79. The number of hydrogen-bond acceptors (Lipinski definition) is 3. The smallest absolute Gasteiger partial charge is 0.277 e. The summed E-state index contributed by atoms with van der Waals surface area (Å²) in [5, 5.41) is 4.99. The largest absolute Gasteiger partial charge is 0.482 e. The molecule has 1 N–H and O–H groups in total. The minimum Gasteiger partial charge on any atom is -0.482 e. The number of halogens is 3. The highest BCUT2D eigenvalue weighted by molar-refractivity contribution is 6.43. The molecule has 7 heteroatoms. The minimum atomic E-state index is -0.408. The molecule has 0 aliphatic carbocycles. The number of carbonyl (C=O) groups excluding carboxylic acids is 1. The highest BCUT2D eigenvalue weighted by Crippen LogP contribution is 2.33. The highest BCUT2D eigenvalue weighted by atomic mass is 35.5. The molecular formula is C19H19Cl3N2O2. The van der Waals surface area contributed by atoms with Crippen LogP contribution >= 0.6 is 34.8 Å². The van der Waals surface area contributed by atoms with E-state index in [4.69, 9.17) is 39.5 Å². The van der Waals surface area contributed by atoms with Crippen LogP contribution in [-0.2, 0) is 11.2 Å². The molecule has 0 saturated carbocycles. The molecule has 2 aromatic rings. The van der Waals surface area contributed by atoms with Gasteiger partial charge in [0.2, 0.25) is 0 Å². The molecule has 0 saturated heterocycles. The van der Waals surface area contributed by atoms with E-state index in [-0.39, 0.29) is 17.4 Å². The molecule has 0 atom stereocenters. The van der Waals surface area contributed by atoms with Crippen LogP contribution in [-0.4, -0.2) is 18.2 Å². The number of hydrazone groups is 1. The first-order valence-corrected chi connectivity index (χ1v) is 9.24. The number of benzene rings is 2. The monoisotopic (exact) mass is 412 g/mol. The minimum absolute atomic E-state index is 0.246. The van der Waals surface area contributed by atoms with Crippen LogP contribution in [0.1, 0.15) is 31.4 Å². The van der Waals surface area contributed by atoms with E-state index in [0.717, 1.165) is 18.4 Å². The molecular weight excluding hydrogens is 395 g/mol. The summed E-state index contributed by atoms with van der Waals surface area (Å²) < 4.78 is 5.36.